The van der Waals surface area contributed by atoms with E-state index < -0.39 is 0 Å². The smallest absolute Gasteiger partial charge is 0.149 e. The average Bonchev–Trinajstić information content (AvgIpc) is 2.61. The van der Waals surface area contributed by atoms with Crippen molar-refractivity contribution in [1.82, 2.24) is 15.2 Å². The van der Waals surface area contributed by atoms with Gasteiger partial charge in [-0.1, -0.05) is 29.8 Å². The minimum atomic E-state index is -0.149. The molecule has 4 nitrogen and oxygen atoms in total. The van der Waals surface area contributed by atoms with E-state index in [2.05, 4.69) is 20.5 Å². The van der Waals surface area contributed by atoms with Crippen LogP contribution in [-0.4, -0.2) is 21.4 Å². The fraction of sp³-hybridized carbons (Fsp3) is 0.118. The normalized spacial score (nSPS) is 11.9. The third kappa shape index (κ3) is 4.00. The van der Waals surface area contributed by atoms with E-state index in [0.29, 0.717) is 10.8 Å². The second kappa shape index (κ2) is 7.44. The van der Waals surface area contributed by atoms with Gasteiger partial charge >= 0.3 is 0 Å². The van der Waals surface area contributed by atoms with Gasteiger partial charge in [-0.05, 0) is 48.2 Å². The van der Waals surface area contributed by atoms with E-state index in [1.807, 2.05) is 60.9 Å². The number of rotatable bonds is 5. The Balaban J connectivity index is 1.94. The van der Waals surface area contributed by atoms with E-state index >= 15 is 0 Å². The molecule has 2 heterocycles. The number of anilines is 1. The third-order valence-corrected chi connectivity index (χ3v) is 4.18. The Bertz CT molecular complexity index is 765. The Labute approximate surface area is 144 Å². The highest BCUT2D eigenvalue weighted by molar-refractivity contribution is 7.98. The molecule has 116 valence electrons. The number of nitrogens with zero attached hydrogens (tertiary/aromatic N) is 3. The van der Waals surface area contributed by atoms with Crippen molar-refractivity contribution < 1.29 is 0 Å². The number of hydrogen-bond acceptors (Lipinski definition) is 5. The van der Waals surface area contributed by atoms with Crippen LogP contribution >= 0.6 is 23.4 Å². The van der Waals surface area contributed by atoms with Crippen LogP contribution in [0.5, 0.6) is 0 Å². The summed E-state index contributed by atoms with van der Waals surface area (Å²) in [6, 6.07) is 17.3. The zero-order valence-electron chi connectivity index (χ0n) is 12.5. The van der Waals surface area contributed by atoms with Crippen LogP contribution in [0.3, 0.4) is 0 Å². The maximum Gasteiger partial charge on any atom is 0.149 e. The molecule has 0 spiro atoms. The van der Waals surface area contributed by atoms with E-state index in [-0.39, 0.29) is 6.04 Å². The fourth-order valence-corrected chi connectivity index (χ4v) is 2.74. The lowest BCUT2D eigenvalue weighted by atomic mass is 10.0. The predicted octanol–water partition coefficient (Wildman–Crippen LogP) is 4.45. The summed E-state index contributed by atoms with van der Waals surface area (Å²) in [5, 5.41) is 13.3. The molecule has 0 bridgehead atoms. The van der Waals surface area contributed by atoms with Gasteiger partial charge in [-0.25, -0.2) is 0 Å². The maximum atomic E-state index is 6.14. The monoisotopic (exact) mass is 342 g/mol. The molecule has 3 rings (SSSR count). The lowest BCUT2D eigenvalue weighted by Crippen LogP contribution is -2.15. The van der Waals surface area contributed by atoms with Crippen molar-refractivity contribution in [2.45, 2.75) is 11.1 Å². The molecule has 2 aromatic heterocycles. The highest BCUT2D eigenvalue weighted by Crippen LogP contribution is 2.26. The van der Waals surface area contributed by atoms with Crippen molar-refractivity contribution in [3.05, 3.63) is 77.1 Å². The first-order valence-corrected chi connectivity index (χ1v) is 8.67. The van der Waals surface area contributed by atoms with Gasteiger partial charge in [0.1, 0.15) is 10.8 Å². The Morgan fingerprint density at radius 1 is 1.04 bits per heavy atom. The predicted molar refractivity (Wildman–Crippen MR) is 95.0 cm³/mol. The number of pyridine rings is 1. The van der Waals surface area contributed by atoms with Crippen LogP contribution < -0.4 is 5.32 Å². The van der Waals surface area contributed by atoms with Gasteiger partial charge in [0, 0.05) is 11.2 Å². The molecule has 3 aromatic rings. The Hall–Kier alpha value is -2.11. The van der Waals surface area contributed by atoms with E-state index in [4.69, 9.17) is 11.6 Å². The zero-order valence-corrected chi connectivity index (χ0v) is 14.1. The summed E-state index contributed by atoms with van der Waals surface area (Å²) >= 11 is 7.70. The minimum absolute atomic E-state index is 0.149. The molecule has 0 radical (unpaired) electrons. The molecule has 1 unspecified atom stereocenters. The van der Waals surface area contributed by atoms with Gasteiger partial charge in [0.2, 0.25) is 0 Å². The fourth-order valence-electron chi connectivity index (χ4n) is 2.21. The molecule has 0 aliphatic carbocycles. The van der Waals surface area contributed by atoms with Gasteiger partial charge in [0.05, 0.1) is 11.7 Å². The summed E-state index contributed by atoms with van der Waals surface area (Å²) in [5.74, 6) is 0.693. The molecular weight excluding hydrogens is 328 g/mol. The second-order valence-electron chi connectivity index (χ2n) is 4.85. The molecule has 0 amide bonds. The largest absolute Gasteiger partial charge is 0.356 e. The lowest BCUT2D eigenvalue weighted by Gasteiger charge is -2.19. The van der Waals surface area contributed by atoms with Gasteiger partial charge in [-0.15, -0.1) is 22.0 Å². The van der Waals surface area contributed by atoms with Crippen LogP contribution in [0.2, 0.25) is 5.02 Å². The van der Waals surface area contributed by atoms with Crippen molar-refractivity contribution >= 4 is 29.2 Å². The van der Waals surface area contributed by atoms with Crippen LogP contribution in [0.15, 0.2) is 65.8 Å². The molecule has 0 saturated heterocycles. The number of aromatic nitrogens is 3. The molecule has 1 atom stereocenters. The summed E-state index contributed by atoms with van der Waals surface area (Å²) in [4.78, 5) is 4.46. The van der Waals surface area contributed by atoms with Gasteiger partial charge < -0.3 is 5.32 Å². The Morgan fingerprint density at radius 2 is 1.96 bits per heavy atom. The molecule has 6 heteroatoms. The number of hydrogen-bond donors (Lipinski definition) is 1. The van der Waals surface area contributed by atoms with Crippen molar-refractivity contribution in [3.8, 4) is 0 Å². The van der Waals surface area contributed by atoms with Crippen LogP contribution in [0.4, 0.5) is 5.82 Å². The summed E-state index contributed by atoms with van der Waals surface area (Å²) in [6.07, 6.45) is 3.75. The molecule has 1 aromatic carbocycles. The average molecular weight is 343 g/mol. The van der Waals surface area contributed by atoms with Gasteiger partial charge in [-0.3, -0.25) is 4.98 Å². The van der Waals surface area contributed by atoms with E-state index in [0.717, 1.165) is 16.3 Å². The van der Waals surface area contributed by atoms with E-state index in [1.165, 1.54) is 0 Å². The number of nitrogens with one attached hydrogen (secondary N) is 1. The SMILES string of the molecule is CSc1ccc(NC(c2cccc(Cl)c2)c2ccccn2)nn1. The van der Waals surface area contributed by atoms with Gasteiger partial charge in [0.25, 0.3) is 0 Å². The van der Waals surface area contributed by atoms with Crippen LogP contribution in [0.25, 0.3) is 0 Å². The quantitative estimate of drug-likeness (QED) is 0.694. The number of halogens is 1. The van der Waals surface area contributed by atoms with Crippen LogP contribution in [-0.2, 0) is 0 Å². The molecule has 0 aliphatic rings. The minimum Gasteiger partial charge on any atom is -0.356 e. The third-order valence-electron chi connectivity index (χ3n) is 3.31. The second-order valence-corrected chi connectivity index (χ2v) is 6.11. The molecule has 0 saturated carbocycles. The van der Waals surface area contributed by atoms with Crippen molar-refractivity contribution in [2.75, 3.05) is 11.6 Å². The first-order chi connectivity index (χ1) is 11.3. The highest BCUT2D eigenvalue weighted by atomic mass is 35.5. The van der Waals surface area contributed by atoms with Crippen molar-refractivity contribution in [3.63, 3.8) is 0 Å². The van der Waals surface area contributed by atoms with Crippen molar-refractivity contribution in [1.29, 1.82) is 0 Å². The first kappa shape index (κ1) is 15.8. The van der Waals surface area contributed by atoms with Crippen molar-refractivity contribution in [2.24, 2.45) is 0 Å². The van der Waals surface area contributed by atoms with Gasteiger partial charge in [0.15, 0.2) is 0 Å². The number of thioether (sulfide) groups is 1. The summed E-state index contributed by atoms with van der Waals surface area (Å²) in [7, 11) is 0. The highest BCUT2D eigenvalue weighted by Gasteiger charge is 2.16. The first-order valence-electron chi connectivity index (χ1n) is 7.07. The summed E-state index contributed by atoms with van der Waals surface area (Å²) in [5.41, 5.74) is 1.91. The summed E-state index contributed by atoms with van der Waals surface area (Å²) in [6.45, 7) is 0. The number of benzene rings is 1. The standard InChI is InChI=1S/C17H15ClN4S/c1-23-16-9-8-15(21-22-16)20-17(14-7-2-3-10-19-14)12-5-4-6-13(18)11-12/h2-11,17H,1H3,(H,20,21). The van der Waals surface area contributed by atoms with Crippen LogP contribution in [0.1, 0.15) is 17.3 Å². The molecule has 0 aliphatic heterocycles. The maximum absolute atomic E-state index is 6.14. The summed E-state index contributed by atoms with van der Waals surface area (Å²) < 4.78 is 0. The molecule has 1 N–H and O–H groups in total. The lowest BCUT2D eigenvalue weighted by molar-refractivity contribution is 0.850. The van der Waals surface area contributed by atoms with Crippen LogP contribution in [0, 0.1) is 0 Å². The molecule has 23 heavy (non-hydrogen) atoms. The zero-order chi connectivity index (χ0) is 16.1. The van der Waals surface area contributed by atoms with Gasteiger partial charge in [-0.2, -0.15) is 0 Å². The Morgan fingerprint density at radius 3 is 2.61 bits per heavy atom. The van der Waals surface area contributed by atoms with E-state index in [1.54, 1.807) is 18.0 Å². The molecular formula is C17H15ClN4S. The topological polar surface area (TPSA) is 50.7 Å². The van der Waals surface area contributed by atoms with E-state index in [9.17, 15) is 0 Å². The molecule has 0 fully saturated rings. The Kier molecular flexibility index (Phi) is 5.10.